The Labute approximate surface area is 126 Å². The molecule has 0 atom stereocenters. The van der Waals surface area contributed by atoms with Crippen LogP contribution in [-0.2, 0) is 6.61 Å². The van der Waals surface area contributed by atoms with Gasteiger partial charge in [-0.15, -0.1) is 0 Å². The van der Waals surface area contributed by atoms with E-state index in [9.17, 15) is 0 Å². The maximum Gasteiger partial charge on any atom is 0.120 e. The van der Waals surface area contributed by atoms with Crippen molar-refractivity contribution in [1.82, 2.24) is 0 Å². The molecule has 0 radical (unpaired) electrons. The first-order valence-electron chi connectivity index (χ1n) is 6.17. The number of hydrogen-bond acceptors (Lipinski definition) is 1. The second kappa shape index (κ2) is 5.61. The number of benzene rings is 3. The van der Waals surface area contributed by atoms with Gasteiger partial charge in [-0.05, 0) is 63.2 Å². The Morgan fingerprint density at radius 3 is 2.37 bits per heavy atom. The summed E-state index contributed by atoms with van der Waals surface area (Å²) in [6, 6.07) is 22.9. The van der Waals surface area contributed by atoms with Crippen molar-refractivity contribution in [1.29, 1.82) is 0 Å². The maximum absolute atomic E-state index is 5.83. The molecule has 0 bridgehead atoms. The van der Waals surface area contributed by atoms with Gasteiger partial charge in [0.2, 0.25) is 0 Å². The Morgan fingerprint density at radius 1 is 0.789 bits per heavy atom. The summed E-state index contributed by atoms with van der Waals surface area (Å²) in [5.41, 5.74) is 1.19. The molecular formula is C17H13IO. The van der Waals surface area contributed by atoms with Crippen molar-refractivity contribution in [3.05, 3.63) is 75.9 Å². The molecule has 0 aliphatic rings. The summed E-state index contributed by atoms with van der Waals surface area (Å²) in [6.45, 7) is 0.608. The van der Waals surface area contributed by atoms with Crippen LogP contribution in [0.25, 0.3) is 10.8 Å². The summed E-state index contributed by atoms with van der Waals surface area (Å²) in [5.74, 6) is 0.914. The van der Waals surface area contributed by atoms with Crippen LogP contribution in [0, 0.1) is 3.57 Å². The summed E-state index contributed by atoms with van der Waals surface area (Å²) >= 11 is 2.33. The van der Waals surface area contributed by atoms with E-state index >= 15 is 0 Å². The number of fused-ring (bicyclic) bond motifs is 1. The van der Waals surface area contributed by atoms with Gasteiger partial charge in [0.15, 0.2) is 0 Å². The SMILES string of the molecule is Ic1ccc2cc(OCc3ccccc3)ccc2c1. The van der Waals surface area contributed by atoms with E-state index in [1.807, 2.05) is 24.3 Å². The highest BCUT2D eigenvalue weighted by molar-refractivity contribution is 14.1. The third-order valence-electron chi connectivity index (χ3n) is 3.02. The molecule has 1 nitrogen and oxygen atoms in total. The second-order valence-corrected chi connectivity index (χ2v) is 5.67. The van der Waals surface area contributed by atoms with Gasteiger partial charge in [0, 0.05) is 3.57 Å². The van der Waals surface area contributed by atoms with Crippen LogP contribution in [0.15, 0.2) is 66.7 Å². The van der Waals surface area contributed by atoms with Crippen LogP contribution in [0.3, 0.4) is 0 Å². The minimum absolute atomic E-state index is 0.608. The zero-order valence-electron chi connectivity index (χ0n) is 10.3. The fourth-order valence-corrected chi connectivity index (χ4v) is 2.54. The van der Waals surface area contributed by atoms with Crippen LogP contribution in [0.4, 0.5) is 0 Å². The number of hydrogen-bond donors (Lipinski definition) is 0. The highest BCUT2D eigenvalue weighted by Gasteiger charge is 1.99. The van der Waals surface area contributed by atoms with Crippen molar-refractivity contribution in [2.45, 2.75) is 6.61 Å². The molecule has 0 saturated heterocycles. The predicted octanol–water partition coefficient (Wildman–Crippen LogP) is 5.02. The van der Waals surface area contributed by atoms with Gasteiger partial charge < -0.3 is 4.74 Å². The predicted molar refractivity (Wildman–Crippen MR) is 87.4 cm³/mol. The lowest BCUT2D eigenvalue weighted by Crippen LogP contribution is -1.94. The van der Waals surface area contributed by atoms with Crippen molar-refractivity contribution < 1.29 is 4.74 Å². The summed E-state index contributed by atoms with van der Waals surface area (Å²) in [4.78, 5) is 0. The van der Waals surface area contributed by atoms with E-state index in [1.165, 1.54) is 19.9 Å². The van der Waals surface area contributed by atoms with Crippen LogP contribution in [0.1, 0.15) is 5.56 Å². The third-order valence-corrected chi connectivity index (χ3v) is 3.69. The molecule has 3 aromatic carbocycles. The monoisotopic (exact) mass is 360 g/mol. The summed E-state index contributed by atoms with van der Waals surface area (Å²) in [7, 11) is 0. The first-order valence-corrected chi connectivity index (χ1v) is 7.25. The van der Waals surface area contributed by atoms with Crippen molar-refractivity contribution >= 4 is 33.4 Å². The van der Waals surface area contributed by atoms with Gasteiger partial charge in [0.1, 0.15) is 12.4 Å². The van der Waals surface area contributed by atoms with Gasteiger partial charge in [-0.1, -0.05) is 42.5 Å². The normalized spacial score (nSPS) is 10.6. The molecule has 0 N–H and O–H groups in total. The molecule has 19 heavy (non-hydrogen) atoms. The first kappa shape index (κ1) is 12.5. The summed E-state index contributed by atoms with van der Waals surface area (Å²) < 4.78 is 7.08. The Balaban J connectivity index is 1.80. The smallest absolute Gasteiger partial charge is 0.120 e. The van der Waals surface area contributed by atoms with Gasteiger partial charge in [0.05, 0.1) is 0 Å². The Kier molecular flexibility index (Phi) is 3.69. The largest absolute Gasteiger partial charge is 0.489 e. The molecule has 0 fully saturated rings. The molecule has 0 saturated carbocycles. The molecule has 2 heteroatoms. The van der Waals surface area contributed by atoms with Gasteiger partial charge in [-0.2, -0.15) is 0 Å². The van der Waals surface area contributed by atoms with E-state index in [2.05, 4.69) is 65.1 Å². The van der Waals surface area contributed by atoms with Gasteiger partial charge in [-0.25, -0.2) is 0 Å². The minimum atomic E-state index is 0.608. The van der Waals surface area contributed by atoms with Gasteiger partial charge in [0.25, 0.3) is 0 Å². The second-order valence-electron chi connectivity index (χ2n) is 4.43. The fraction of sp³-hybridized carbons (Fsp3) is 0.0588. The molecule has 0 aromatic heterocycles. The van der Waals surface area contributed by atoms with Crippen molar-refractivity contribution in [3.63, 3.8) is 0 Å². The van der Waals surface area contributed by atoms with E-state index in [0.717, 1.165) is 5.75 Å². The molecule has 0 spiro atoms. The summed E-state index contributed by atoms with van der Waals surface area (Å²) in [6.07, 6.45) is 0. The molecule has 94 valence electrons. The highest BCUT2D eigenvalue weighted by Crippen LogP contribution is 2.23. The topological polar surface area (TPSA) is 9.23 Å². The molecule has 0 heterocycles. The lowest BCUT2D eigenvalue weighted by molar-refractivity contribution is 0.306. The lowest BCUT2D eigenvalue weighted by Gasteiger charge is -2.07. The van der Waals surface area contributed by atoms with Gasteiger partial charge >= 0.3 is 0 Å². The number of ether oxygens (including phenoxy) is 1. The zero-order chi connectivity index (χ0) is 13.1. The Bertz CT molecular complexity index is 692. The van der Waals surface area contributed by atoms with E-state index in [0.29, 0.717) is 6.61 Å². The lowest BCUT2D eigenvalue weighted by atomic mass is 10.1. The summed E-state index contributed by atoms with van der Waals surface area (Å²) in [5, 5.41) is 2.46. The zero-order valence-corrected chi connectivity index (χ0v) is 12.5. The Morgan fingerprint density at radius 2 is 1.53 bits per heavy atom. The van der Waals surface area contributed by atoms with Crippen LogP contribution in [0.5, 0.6) is 5.75 Å². The van der Waals surface area contributed by atoms with E-state index in [-0.39, 0.29) is 0 Å². The maximum atomic E-state index is 5.83. The van der Waals surface area contributed by atoms with Crippen molar-refractivity contribution in [2.75, 3.05) is 0 Å². The van der Waals surface area contributed by atoms with Crippen molar-refractivity contribution in [3.8, 4) is 5.75 Å². The van der Waals surface area contributed by atoms with E-state index in [1.54, 1.807) is 0 Å². The van der Waals surface area contributed by atoms with Gasteiger partial charge in [-0.3, -0.25) is 0 Å². The van der Waals surface area contributed by atoms with Crippen LogP contribution >= 0.6 is 22.6 Å². The molecule has 0 aliphatic carbocycles. The Hall–Kier alpha value is -1.55. The molecule has 0 amide bonds. The average molecular weight is 360 g/mol. The average Bonchev–Trinajstić information content (AvgIpc) is 2.46. The first-order chi connectivity index (χ1) is 9.31. The number of halogens is 1. The van der Waals surface area contributed by atoms with E-state index in [4.69, 9.17) is 4.74 Å². The van der Waals surface area contributed by atoms with Crippen LogP contribution < -0.4 is 4.74 Å². The molecule has 0 unspecified atom stereocenters. The van der Waals surface area contributed by atoms with Crippen LogP contribution in [-0.4, -0.2) is 0 Å². The molecular weight excluding hydrogens is 347 g/mol. The fourth-order valence-electron chi connectivity index (χ4n) is 2.03. The minimum Gasteiger partial charge on any atom is -0.489 e. The van der Waals surface area contributed by atoms with E-state index < -0.39 is 0 Å². The molecule has 3 aromatic rings. The standard InChI is InChI=1S/C17H13IO/c18-16-8-6-15-11-17(9-7-14(15)10-16)19-12-13-4-2-1-3-5-13/h1-11H,12H2. The van der Waals surface area contributed by atoms with Crippen LogP contribution in [0.2, 0.25) is 0 Å². The number of rotatable bonds is 3. The molecule has 0 aliphatic heterocycles. The van der Waals surface area contributed by atoms with Crippen molar-refractivity contribution in [2.24, 2.45) is 0 Å². The molecule has 3 rings (SSSR count). The quantitative estimate of drug-likeness (QED) is 0.596. The highest BCUT2D eigenvalue weighted by atomic mass is 127. The third kappa shape index (κ3) is 3.07.